The molecule has 2 aromatic carbocycles. The molecule has 0 fully saturated rings. The van der Waals surface area contributed by atoms with Crippen molar-refractivity contribution in [3.8, 4) is 5.69 Å². The predicted molar refractivity (Wildman–Crippen MR) is 107 cm³/mol. The number of hydrogen-bond acceptors (Lipinski definition) is 2. The van der Waals surface area contributed by atoms with Gasteiger partial charge in [-0.2, -0.15) is 18.3 Å². The fourth-order valence-corrected chi connectivity index (χ4v) is 3.86. The Balaban J connectivity index is 1.54. The molecule has 1 heterocycles. The van der Waals surface area contributed by atoms with E-state index in [2.05, 4.69) is 10.4 Å². The van der Waals surface area contributed by atoms with Gasteiger partial charge in [0.1, 0.15) is 5.82 Å². The van der Waals surface area contributed by atoms with Gasteiger partial charge in [0.2, 0.25) is 5.91 Å². The maximum atomic E-state index is 13.6. The lowest BCUT2D eigenvalue weighted by Gasteiger charge is -2.14. The molecule has 1 unspecified atom stereocenters. The zero-order valence-corrected chi connectivity index (χ0v) is 16.8. The molecule has 0 spiro atoms. The highest BCUT2D eigenvalue weighted by atomic mass is 19.4. The summed E-state index contributed by atoms with van der Waals surface area (Å²) >= 11 is 0. The average molecular weight is 431 g/mol. The summed E-state index contributed by atoms with van der Waals surface area (Å²) < 4.78 is 54.2. The molecule has 1 aliphatic rings. The number of aromatic nitrogens is 2. The maximum absolute atomic E-state index is 13.6. The van der Waals surface area contributed by atoms with Crippen LogP contribution in [-0.4, -0.2) is 15.7 Å². The zero-order chi connectivity index (χ0) is 22.2. The largest absolute Gasteiger partial charge is 0.435 e. The molecule has 4 rings (SSSR count). The molecule has 0 saturated carbocycles. The molecule has 0 radical (unpaired) electrons. The van der Waals surface area contributed by atoms with Crippen LogP contribution in [0.1, 0.15) is 47.3 Å². The van der Waals surface area contributed by atoms with Gasteiger partial charge in [0.15, 0.2) is 5.69 Å². The SMILES string of the molecule is CC(C(=O)NCc1cc(C(F)(F)F)nn1-c1cccc(F)c1)c1ccc2c(c1)CCC2. The summed E-state index contributed by atoms with van der Waals surface area (Å²) in [5, 5.41) is 6.28. The van der Waals surface area contributed by atoms with Crippen molar-refractivity contribution in [2.75, 3.05) is 0 Å². The van der Waals surface area contributed by atoms with Crippen LogP contribution in [0.4, 0.5) is 17.6 Å². The molecule has 1 amide bonds. The Hall–Kier alpha value is -3.16. The molecule has 1 atom stereocenters. The van der Waals surface area contributed by atoms with Crippen molar-refractivity contribution in [2.24, 2.45) is 0 Å². The van der Waals surface area contributed by atoms with Crippen molar-refractivity contribution in [2.45, 2.75) is 44.8 Å². The van der Waals surface area contributed by atoms with Crippen LogP contribution in [0.2, 0.25) is 0 Å². The summed E-state index contributed by atoms with van der Waals surface area (Å²) in [5.74, 6) is -1.36. The lowest BCUT2D eigenvalue weighted by atomic mass is 9.96. The van der Waals surface area contributed by atoms with Crippen molar-refractivity contribution in [3.05, 3.63) is 82.4 Å². The van der Waals surface area contributed by atoms with Gasteiger partial charge in [0.05, 0.1) is 23.8 Å². The van der Waals surface area contributed by atoms with E-state index in [1.165, 1.54) is 29.3 Å². The second-order valence-corrected chi connectivity index (χ2v) is 7.73. The number of hydrogen-bond donors (Lipinski definition) is 1. The van der Waals surface area contributed by atoms with Crippen molar-refractivity contribution < 1.29 is 22.4 Å². The smallest absolute Gasteiger partial charge is 0.350 e. The summed E-state index contributed by atoms with van der Waals surface area (Å²) in [6.07, 6.45) is -1.52. The summed E-state index contributed by atoms with van der Waals surface area (Å²) in [4.78, 5) is 12.7. The number of nitrogens with zero attached hydrogens (tertiary/aromatic N) is 2. The molecule has 0 bridgehead atoms. The van der Waals surface area contributed by atoms with Crippen molar-refractivity contribution in [3.63, 3.8) is 0 Å². The quantitative estimate of drug-likeness (QED) is 0.582. The Labute approximate surface area is 176 Å². The van der Waals surface area contributed by atoms with Crippen LogP contribution < -0.4 is 5.32 Å². The van der Waals surface area contributed by atoms with Crippen LogP contribution in [0.15, 0.2) is 48.5 Å². The highest BCUT2D eigenvalue weighted by Gasteiger charge is 2.35. The number of benzene rings is 2. The fourth-order valence-electron chi connectivity index (χ4n) is 3.86. The highest BCUT2D eigenvalue weighted by molar-refractivity contribution is 5.83. The zero-order valence-electron chi connectivity index (χ0n) is 16.8. The molecule has 1 N–H and O–H groups in total. The minimum atomic E-state index is -4.66. The molecule has 0 saturated heterocycles. The van der Waals surface area contributed by atoms with E-state index in [0.29, 0.717) is 0 Å². The molecule has 1 aliphatic carbocycles. The van der Waals surface area contributed by atoms with Crippen LogP contribution in [0.5, 0.6) is 0 Å². The molecule has 3 aromatic rings. The first kappa shape index (κ1) is 21.1. The van der Waals surface area contributed by atoms with E-state index < -0.39 is 23.6 Å². The van der Waals surface area contributed by atoms with E-state index in [-0.39, 0.29) is 23.8 Å². The topological polar surface area (TPSA) is 46.9 Å². The lowest BCUT2D eigenvalue weighted by Crippen LogP contribution is -2.28. The molecular weight excluding hydrogens is 410 g/mol. The Morgan fingerprint density at radius 3 is 2.65 bits per heavy atom. The van der Waals surface area contributed by atoms with Gasteiger partial charge >= 0.3 is 6.18 Å². The van der Waals surface area contributed by atoms with Gasteiger partial charge in [0, 0.05) is 0 Å². The third-order valence-electron chi connectivity index (χ3n) is 5.59. The summed E-state index contributed by atoms with van der Waals surface area (Å²) in [6.45, 7) is 1.59. The Kier molecular flexibility index (Phi) is 5.56. The van der Waals surface area contributed by atoms with E-state index in [1.54, 1.807) is 6.92 Å². The Morgan fingerprint density at radius 2 is 1.90 bits per heavy atom. The fraction of sp³-hybridized carbons (Fsp3) is 0.304. The molecule has 4 nitrogen and oxygen atoms in total. The number of amides is 1. The van der Waals surface area contributed by atoms with E-state index >= 15 is 0 Å². The number of carbonyl (C=O) groups is 1. The number of fused-ring (bicyclic) bond motifs is 1. The third-order valence-corrected chi connectivity index (χ3v) is 5.59. The number of nitrogens with one attached hydrogen (secondary N) is 1. The molecule has 1 aromatic heterocycles. The second kappa shape index (κ2) is 8.17. The normalized spacial score (nSPS) is 14.4. The van der Waals surface area contributed by atoms with E-state index in [1.807, 2.05) is 18.2 Å². The van der Waals surface area contributed by atoms with Gasteiger partial charge in [-0.15, -0.1) is 0 Å². The van der Waals surface area contributed by atoms with E-state index in [0.717, 1.165) is 41.6 Å². The minimum Gasteiger partial charge on any atom is -0.350 e. The van der Waals surface area contributed by atoms with E-state index in [9.17, 15) is 22.4 Å². The standard InChI is InChI=1S/C23H21F4N3O/c1-14(16-9-8-15-4-2-5-17(15)10-16)22(31)28-13-20-12-21(23(25,26)27)29-30(20)19-7-3-6-18(24)11-19/h3,6-12,14H,2,4-5,13H2,1H3,(H,28,31). The summed E-state index contributed by atoms with van der Waals surface area (Å²) in [5.41, 5.74) is 2.56. The van der Waals surface area contributed by atoms with Crippen LogP contribution >= 0.6 is 0 Å². The molecule has 31 heavy (non-hydrogen) atoms. The summed E-state index contributed by atoms with van der Waals surface area (Å²) in [7, 11) is 0. The number of alkyl halides is 3. The number of rotatable bonds is 5. The monoisotopic (exact) mass is 431 g/mol. The summed E-state index contributed by atoms with van der Waals surface area (Å²) in [6, 6.07) is 12.0. The van der Waals surface area contributed by atoms with Gasteiger partial charge in [-0.05, 0) is 67.1 Å². The highest BCUT2D eigenvalue weighted by Crippen LogP contribution is 2.30. The van der Waals surface area contributed by atoms with Crippen LogP contribution in [0, 0.1) is 5.82 Å². The first-order chi connectivity index (χ1) is 14.7. The lowest BCUT2D eigenvalue weighted by molar-refractivity contribution is -0.141. The minimum absolute atomic E-state index is 0.104. The first-order valence-electron chi connectivity index (χ1n) is 10.0. The number of aryl methyl sites for hydroxylation is 2. The second-order valence-electron chi connectivity index (χ2n) is 7.73. The number of halogens is 4. The molecular formula is C23H21F4N3O. The Bertz CT molecular complexity index is 1120. The van der Waals surface area contributed by atoms with Gasteiger partial charge in [0.25, 0.3) is 0 Å². The Morgan fingerprint density at radius 1 is 1.13 bits per heavy atom. The maximum Gasteiger partial charge on any atom is 0.435 e. The first-order valence-corrected chi connectivity index (χ1v) is 10.0. The predicted octanol–water partition coefficient (Wildman–Crippen LogP) is 4.94. The van der Waals surface area contributed by atoms with Crippen molar-refractivity contribution in [1.29, 1.82) is 0 Å². The van der Waals surface area contributed by atoms with Gasteiger partial charge < -0.3 is 5.32 Å². The molecule has 162 valence electrons. The van der Waals surface area contributed by atoms with E-state index in [4.69, 9.17) is 0 Å². The third kappa shape index (κ3) is 4.47. The average Bonchev–Trinajstić information content (AvgIpc) is 3.37. The number of carbonyl (C=O) groups excluding carboxylic acids is 1. The van der Waals surface area contributed by atoms with Gasteiger partial charge in [-0.3, -0.25) is 4.79 Å². The molecule has 0 aliphatic heterocycles. The van der Waals surface area contributed by atoms with Crippen molar-refractivity contribution in [1.82, 2.24) is 15.1 Å². The van der Waals surface area contributed by atoms with Crippen molar-refractivity contribution >= 4 is 5.91 Å². The van der Waals surface area contributed by atoms with Gasteiger partial charge in [-0.25, -0.2) is 9.07 Å². The molecule has 8 heteroatoms. The van der Waals surface area contributed by atoms with Crippen LogP contribution in [0.25, 0.3) is 5.69 Å². The van der Waals surface area contributed by atoms with Crippen LogP contribution in [-0.2, 0) is 30.4 Å². The van der Waals surface area contributed by atoms with Gasteiger partial charge in [-0.1, -0.05) is 24.3 Å². The van der Waals surface area contributed by atoms with Crippen LogP contribution in [0.3, 0.4) is 0 Å².